The minimum atomic E-state index is -4.50. The predicted molar refractivity (Wildman–Crippen MR) is 72.8 cm³/mol. The molecule has 2 amide bonds. The van der Waals surface area contributed by atoms with Crippen molar-refractivity contribution in [1.82, 2.24) is 9.78 Å². The van der Waals surface area contributed by atoms with Crippen LogP contribution >= 0.6 is 0 Å². The van der Waals surface area contributed by atoms with Gasteiger partial charge in [-0.05, 0) is 25.1 Å². The van der Waals surface area contributed by atoms with Gasteiger partial charge in [-0.15, -0.1) is 5.10 Å². The van der Waals surface area contributed by atoms with Gasteiger partial charge in [-0.1, -0.05) is 6.07 Å². The number of aromatic nitrogens is 2. The Bertz CT molecular complexity index is 784. The van der Waals surface area contributed by atoms with Crippen LogP contribution in [0.3, 0.4) is 0 Å². The normalized spacial score (nSPS) is 11.3. The van der Waals surface area contributed by atoms with Crippen LogP contribution in [-0.4, -0.2) is 15.8 Å². The Morgan fingerprint density at radius 1 is 1.32 bits per heavy atom. The number of primary amides is 1. The Balaban J connectivity index is 2.57. The molecule has 9 heteroatoms. The summed E-state index contributed by atoms with van der Waals surface area (Å²) in [7, 11) is 0. The van der Waals surface area contributed by atoms with Crippen molar-refractivity contribution in [2.45, 2.75) is 13.1 Å². The molecule has 0 aliphatic heterocycles. The van der Waals surface area contributed by atoms with Crippen molar-refractivity contribution >= 4 is 11.8 Å². The lowest BCUT2D eigenvalue weighted by atomic mass is 10.2. The summed E-state index contributed by atoms with van der Waals surface area (Å²) in [4.78, 5) is 22.5. The van der Waals surface area contributed by atoms with Crippen molar-refractivity contribution in [1.29, 1.82) is 0 Å². The molecule has 2 aromatic rings. The Kier molecular flexibility index (Phi) is 3.89. The van der Waals surface area contributed by atoms with Crippen LogP contribution in [0.1, 0.15) is 11.3 Å². The summed E-state index contributed by atoms with van der Waals surface area (Å²) in [5.41, 5.74) is 3.87. The van der Waals surface area contributed by atoms with E-state index in [2.05, 4.69) is 5.10 Å². The van der Waals surface area contributed by atoms with Crippen LogP contribution in [0.25, 0.3) is 5.69 Å². The van der Waals surface area contributed by atoms with Gasteiger partial charge in [0.2, 0.25) is 11.2 Å². The number of nitrogens with two attached hydrogens (primary N) is 1. The molecule has 0 atom stereocenters. The Labute approximate surface area is 122 Å². The van der Waals surface area contributed by atoms with Crippen molar-refractivity contribution in [2.75, 3.05) is 5.32 Å². The van der Waals surface area contributed by atoms with Crippen LogP contribution < -0.4 is 16.5 Å². The molecule has 1 aromatic carbocycles. The fraction of sp³-hybridized carbons (Fsp3) is 0.154. The van der Waals surface area contributed by atoms with E-state index in [-0.39, 0.29) is 11.5 Å². The second-order valence-electron chi connectivity index (χ2n) is 4.45. The summed E-state index contributed by atoms with van der Waals surface area (Å²) < 4.78 is 39.4. The molecule has 0 bridgehead atoms. The quantitative estimate of drug-likeness (QED) is 0.889. The summed E-state index contributed by atoms with van der Waals surface area (Å²) in [6.45, 7) is 1.50. The molecular weight excluding hydrogens is 301 g/mol. The first-order chi connectivity index (χ1) is 10.2. The molecule has 0 spiro atoms. The number of hydrogen-bond donors (Lipinski definition) is 2. The van der Waals surface area contributed by atoms with Crippen molar-refractivity contribution in [2.24, 2.45) is 5.73 Å². The zero-order chi connectivity index (χ0) is 16.5. The molecule has 1 aromatic heterocycles. The number of hydrogen-bond acceptors (Lipinski definition) is 3. The van der Waals surface area contributed by atoms with Crippen molar-refractivity contribution in [3.05, 3.63) is 51.8 Å². The van der Waals surface area contributed by atoms with Crippen LogP contribution in [0.5, 0.6) is 0 Å². The SMILES string of the molecule is Cc1cc(=O)c(NC(N)=O)nn1-c1cccc(C(F)(F)F)c1. The van der Waals surface area contributed by atoms with Crippen LogP contribution in [0.15, 0.2) is 35.1 Å². The lowest BCUT2D eigenvalue weighted by Crippen LogP contribution is -2.26. The molecule has 0 saturated heterocycles. The van der Waals surface area contributed by atoms with Crippen LogP contribution in [0.4, 0.5) is 23.8 Å². The highest BCUT2D eigenvalue weighted by Gasteiger charge is 2.30. The summed E-state index contributed by atoms with van der Waals surface area (Å²) in [5, 5.41) is 5.86. The Morgan fingerprint density at radius 3 is 2.59 bits per heavy atom. The number of urea groups is 1. The zero-order valence-electron chi connectivity index (χ0n) is 11.3. The maximum atomic E-state index is 12.7. The highest BCUT2D eigenvalue weighted by atomic mass is 19.4. The molecule has 1 heterocycles. The maximum Gasteiger partial charge on any atom is 0.416 e. The number of carbonyl (C=O) groups excluding carboxylic acids is 1. The summed E-state index contributed by atoms with van der Waals surface area (Å²) >= 11 is 0. The van der Waals surface area contributed by atoms with E-state index in [1.54, 1.807) is 0 Å². The molecule has 3 N–H and O–H groups in total. The fourth-order valence-corrected chi connectivity index (χ4v) is 1.83. The number of nitrogens with zero attached hydrogens (tertiary/aromatic N) is 2. The summed E-state index contributed by atoms with van der Waals surface area (Å²) in [5.74, 6) is -0.365. The van der Waals surface area contributed by atoms with Gasteiger partial charge in [0.15, 0.2) is 0 Å². The van der Waals surface area contributed by atoms with Crippen LogP contribution in [0.2, 0.25) is 0 Å². The number of amides is 2. The number of benzene rings is 1. The number of halogens is 3. The third-order valence-electron chi connectivity index (χ3n) is 2.77. The lowest BCUT2D eigenvalue weighted by Gasteiger charge is -2.13. The molecule has 0 fully saturated rings. The number of nitrogens with one attached hydrogen (secondary N) is 1. The predicted octanol–water partition coefficient (Wildman–Crippen LogP) is 2.05. The summed E-state index contributed by atoms with van der Waals surface area (Å²) in [6.07, 6.45) is -4.50. The van der Waals surface area contributed by atoms with E-state index in [0.717, 1.165) is 22.9 Å². The average molecular weight is 312 g/mol. The standard InChI is InChI=1S/C13H11F3N4O2/c1-7-5-10(21)11(18-12(17)22)19-20(7)9-4-2-3-8(6-9)13(14,15)16/h2-6H,1H3,(H3,17,18,19,22). The van der Waals surface area contributed by atoms with Gasteiger partial charge in [-0.3, -0.25) is 10.1 Å². The highest BCUT2D eigenvalue weighted by Crippen LogP contribution is 2.30. The molecular formula is C13H11F3N4O2. The molecule has 0 radical (unpaired) electrons. The van der Waals surface area contributed by atoms with Gasteiger partial charge in [-0.25, -0.2) is 9.48 Å². The number of aryl methyl sites for hydroxylation is 1. The third-order valence-corrected chi connectivity index (χ3v) is 2.77. The van der Waals surface area contributed by atoms with E-state index in [1.165, 1.54) is 19.1 Å². The first kappa shape index (κ1) is 15.5. The number of carbonyl (C=O) groups is 1. The topological polar surface area (TPSA) is 90.0 Å². The smallest absolute Gasteiger partial charge is 0.351 e. The summed E-state index contributed by atoms with van der Waals surface area (Å²) in [6, 6.07) is 4.57. The molecule has 2 rings (SSSR count). The monoisotopic (exact) mass is 312 g/mol. The van der Waals surface area contributed by atoms with Gasteiger partial charge < -0.3 is 5.73 Å². The molecule has 0 aliphatic rings. The molecule has 22 heavy (non-hydrogen) atoms. The van der Waals surface area contributed by atoms with E-state index in [1.807, 2.05) is 5.32 Å². The molecule has 0 saturated carbocycles. The second-order valence-corrected chi connectivity index (χ2v) is 4.45. The number of anilines is 1. The molecule has 6 nitrogen and oxygen atoms in total. The van der Waals surface area contributed by atoms with E-state index in [4.69, 9.17) is 5.73 Å². The first-order valence-corrected chi connectivity index (χ1v) is 6.03. The first-order valence-electron chi connectivity index (χ1n) is 6.03. The Morgan fingerprint density at radius 2 is 2.00 bits per heavy atom. The van der Waals surface area contributed by atoms with Crippen LogP contribution in [-0.2, 0) is 6.18 Å². The van der Waals surface area contributed by atoms with E-state index >= 15 is 0 Å². The van der Waals surface area contributed by atoms with E-state index in [0.29, 0.717) is 5.69 Å². The minimum Gasteiger partial charge on any atom is -0.351 e. The van der Waals surface area contributed by atoms with Crippen molar-refractivity contribution < 1.29 is 18.0 Å². The van der Waals surface area contributed by atoms with Gasteiger partial charge >= 0.3 is 12.2 Å². The van der Waals surface area contributed by atoms with E-state index < -0.39 is 23.2 Å². The second kappa shape index (κ2) is 5.51. The van der Waals surface area contributed by atoms with Crippen molar-refractivity contribution in [3.8, 4) is 5.69 Å². The van der Waals surface area contributed by atoms with E-state index in [9.17, 15) is 22.8 Å². The van der Waals surface area contributed by atoms with Gasteiger partial charge in [0.1, 0.15) is 0 Å². The molecule has 0 unspecified atom stereocenters. The maximum absolute atomic E-state index is 12.7. The average Bonchev–Trinajstić information content (AvgIpc) is 2.40. The highest BCUT2D eigenvalue weighted by molar-refractivity contribution is 5.86. The largest absolute Gasteiger partial charge is 0.416 e. The third kappa shape index (κ3) is 3.25. The fourth-order valence-electron chi connectivity index (χ4n) is 1.83. The van der Waals surface area contributed by atoms with Crippen molar-refractivity contribution in [3.63, 3.8) is 0 Å². The zero-order valence-corrected chi connectivity index (χ0v) is 11.3. The number of rotatable bonds is 2. The minimum absolute atomic E-state index is 0.0971. The Hall–Kier alpha value is -2.84. The van der Waals surface area contributed by atoms with Gasteiger partial charge in [0, 0.05) is 11.8 Å². The number of alkyl halides is 3. The molecule has 116 valence electrons. The lowest BCUT2D eigenvalue weighted by molar-refractivity contribution is -0.137. The van der Waals surface area contributed by atoms with Crippen LogP contribution in [0, 0.1) is 6.92 Å². The van der Waals surface area contributed by atoms with Gasteiger partial charge in [0.05, 0.1) is 11.3 Å². The van der Waals surface area contributed by atoms with Gasteiger partial charge in [0.25, 0.3) is 0 Å². The molecule has 0 aliphatic carbocycles. The van der Waals surface area contributed by atoms with Gasteiger partial charge in [-0.2, -0.15) is 13.2 Å².